The zero-order valence-corrected chi connectivity index (χ0v) is 12.7. The minimum absolute atomic E-state index is 0.0722. The van der Waals surface area contributed by atoms with Crippen molar-refractivity contribution < 1.29 is 4.79 Å². The van der Waals surface area contributed by atoms with E-state index in [0.717, 1.165) is 63.0 Å². The Morgan fingerprint density at radius 1 is 1.29 bits per heavy atom. The summed E-state index contributed by atoms with van der Waals surface area (Å²) in [6.45, 7) is 4.05. The fourth-order valence-corrected chi connectivity index (χ4v) is 3.31. The highest BCUT2D eigenvalue weighted by atomic mass is 16.2. The predicted octanol–water partition coefficient (Wildman–Crippen LogP) is 1.38. The smallest absolute Gasteiger partial charge is 0.269 e. The molecular weight excluding hydrogens is 266 g/mol. The average Bonchev–Trinajstić information content (AvgIpc) is 2.51. The van der Waals surface area contributed by atoms with Crippen molar-refractivity contribution in [1.29, 1.82) is 0 Å². The van der Waals surface area contributed by atoms with Crippen molar-refractivity contribution in [3.8, 4) is 0 Å². The van der Waals surface area contributed by atoms with Crippen LogP contribution in [0.15, 0.2) is 11.0 Å². The molecular formula is C16H23N3O2. The number of piperidine rings is 1. The number of likely N-dealkylation sites (tertiary alicyclic amines) is 1. The molecule has 0 N–H and O–H groups in total. The van der Waals surface area contributed by atoms with E-state index in [1.807, 2.05) is 4.90 Å². The summed E-state index contributed by atoms with van der Waals surface area (Å²) >= 11 is 0. The largest absolute Gasteiger partial charge is 0.341 e. The molecule has 0 radical (unpaired) electrons. The Hall–Kier alpha value is -1.65. The Bertz CT molecular complexity index is 586. The van der Waals surface area contributed by atoms with Crippen molar-refractivity contribution in [2.45, 2.75) is 52.0 Å². The van der Waals surface area contributed by atoms with Gasteiger partial charge in [0.25, 0.3) is 5.56 Å². The number of fused-ring (bicyclic) bond motifs is 1. The summed E-state index contributed by atoms with van der Waals surface area (Å²) in [5.74, 6) is 0.772. The van der Waals surface area contributed by atoms with E-state index >= 15 is 0 Å². The van der Waals surface area contributed by atoms with Gasteiger partial charge in [-0.15, -0.1) is 0 Å². The van der Waals surface area contributed by atoms with Crippen LogP contribution in [0.1, 0.15) is 44.0 Å². The lowest BCUT2D eigenvalue weighted by Crippen LogP contribution is -2.42. The maximum atomic E-state index is 12.5. The van der Waals surface area contributed by atoms with E-state index in [-0.39, 0.29) is 18.0 Å². The molecule has 0 bridgehead atoms. The maximum absolute atomic E-state index is 12.5. The molecule has 0 spiro atoms. The number of carbonyl (C=O) groups is 1. The highest BCUT2D eigenvalue weighted by molar-refractivity contribution is 5.76. The molecule has 1 aliphatic heterocycles. The van der Waals surface area contributed by atoms with Crippen LogP contribution >= 0.6 is 0 Å². The van der Waals surface area contributed by atoms with Crippen molar-refractivity contribution in [2.75, 3.05) is 13.1 Å². The van der Waals surface area contributed by atoms with Crippen molar-refractivity contribution in [1.82, 2.24) is 14.5 Å². The highest BCUT2D eigenvalue weighted by Crippen LogP contribution is 2.19. The molecule has 1 amide bonds. The molecule has 0 aromatic carbocycles. The van der Waals surface area contributed by atoms with Gasteiger partial charge in [0.2, 0.25) is 5.91 Å². The third-order valence-corrected chi connectivity index (χ3v) is 4.76. The summed E-state index contributed by atoms with van der Waals surface area (Å²) in [5, 5.41) is 0. The number of nitrogens with zero attached hydrogens (tertiary/aromatic N) is 3. The SMILES string of the molecule is CC1CCN(C(=O)Cn2c3c(ncc2=O)CCCC3)CC1. The molecule has 1 aromatic heterocycles. The van der Waals surface area contributed by atoms with Gasteiger partial charge < -0.3 is 9.47 Å². The van der Waals surface area contributed by atoms with Crippen LogP contribution in [-0.4, -0.2) is 33.4 Å². The molecule has 1 saturated heterocycles. The molecule has 1 aromatic rings. The minimum Gasteiger partial charge on any atom is -0.341 e. The van der Waals surface area contributed by atoms with Crippen LogP contribution in [0.2, 0.25) is 0 Å². The van der Waals surface area contributed by atoms with Crippen LogP contribution in [0.5, 0.6) is 0 Å². The van der Waals surface area contributed by atoms with Crippen molar-refractivity contribution in [3.63, 3.8) is 0 Å². The minimum atomic E-state index is -0.144. The second-order valence-electron chi connectivity index (χ2n) is 6.35. The second-order valence-corrected chi connectivity index (χ2v) is 6.35. The summed E-state index contributed by atoms with van der Waals surface area (Å²) < 4.78 is 1.65. The summed E-state index contributed by atoms with van der Waals surface area (Å²) in [4.78, 5) is 30.7. The predicted molar refractivity (Wildman–Crippen MR) is 80.1 cm³/mol. The molecule has 114 valence electrons. The van der Waals surface area contributed by atoms with Crippen LogP contribution in [0.4, 0.5) is 0 Å². The van der Waals surface area contributed by atoms with Crippen LogP contribution in [-0.2, 0) is 24.2 Å². The molecule has 2 heterocycles. The van der Waals surface area contributed by atoms with E-state index in [4.69, 9.17) is 0 Å². The number of carbonyl (C=O) groups excluding carboxylic acids is 1. The number of aryl methyl sites for hydroxylation is 1. The van der Waals surface area contributed by atoms with Crippen molar-refractivity contribution in [2.24, 2.45) is 5.92 Å². The zero-order valence-electron chi connectivity index (χ0n) is 12.7. The first-order chi connectivity index (χ1) is 10.1. The molecule has 21 heavy (non-hydrogen) atoms. The van der Waals surface area contributed by atoms with E-state index in [1.54, 1.807) is 4.57 Å². The fraction of sp³-hybridized carbons (Fsp3) is 0.688. The Morgan fingerprint density at radius 2 is 2.00 bits per heavy atom. The summed E-state index contributed by atoms with van der Waals surface area (Å²) in [5.41, 5.74) is 1.84. The standard InChI is InChI=1S/C16H23N3O2/c1-12-6-8-18(9-7-12)16(21)11-19-14-5-3-2-4-13(14)17-10-15(19)20/h10,12H,2-9,11H2,1H3. The molecule has 3 rings (SSSR count). The number of hydrogen-bond acceptors (Lipinski definition) is 3. The van der Waals surface area contributed by atoms with E-state index in [2.05, 4.69) is 11.9 Å². The van der Waals surface area contributed by atoms with Crippen LogP contribution in [0, 0.1) is 5.92 Å². The van der Waals surface area contributed by atoms with Gasteiger partial charge in [0.1, 0.15) is 6.54 Å². The monoisotopic (exact) mass is 289 g/mol. The first-order valence-corrected chi connectivity index (χ1v) is 8.00. The number of hydrogen-bond donors (Lipinski definition) is 0. The van der Waals surface area contributed by atoms with E-state index < -0.39 is 0 Å². The molecule has 5 heteroatoms. The van der Waals surface area contributed by atoms with Gasteiger partial charge in [-0.2, -0.15) is 0 Å². The Kier molecular flexibility index (Phi) is 4.08. The molecule has 2 aliphatic rings. The van der Waals surface area contributed by atoms with Crippen molar-refractivity contribution in [3.05, 3.63) is 27.9 Å². The maximum Gasteiger partial charge on any atom is 0.269 e. The Morgan fingerprint density at radius 3 is 2.76 bits per heavy atom. The third-order valence-electron chi connectivity index (χ3n) is 4.76. The van der Waals surface area contributed by atoms with E-state index in [0.29, 0.717) is 5.92 Å². The number of aromatic nitrogens is 2. The molecule has 1 fully saturated rings. The lowest BCUT2D eigenvalue weighted by Gasteiger charge is -2.31. The Labute approximate surface area is 125 Å². The normalized spacial score (nSPS) is 19.4. The lowest BCUT2D eigenvalue weighted by molar-refractivity contribution is -0.133. The average molecular weight is 289 g/mol. The summed E-state index contributed by atoms with van der Waals surface area (Å²) in [6, 6.07) is 0. The third kappa shape index (κ3) is 3.01. The fourth-order valence-electron chi connectivity index (χ4n) is 3.31. The van der Waals surface area contributed by atoms with Gasteiger partial charge in [0.15, 0.2) is 0 Å². The van der Waals surface area contributed by atoms with Gasteiger partial charge in [-0.25, -0.2) is 0 Å². The first-order valence-electron chi connectivity index (χ1n) is 8.00. The van der Waals surface area contributed by atoms with Gasteiger partial charge in [-0.1, -0.05) is 6.92 Å². The van der Waals surface area contributed by atoms with Crippen LogP contribution < -0.4 is 5.56 Å². The van der Waals surface area contributed by atoms with Gasteiger partial charge >= 0.3 is 0 Å². The van der Waals surface area contributed by atoms with Gasteiger partial charge in [0.05, 0.1) is 11.9 Å². The quantitative estimate of drug-likeness (QED) is 0.826. The van der Waals surface area contributed by atoms with Gasteiger partial charge in [-0.05, 0) is 44.4 Å². The van der Waals surface area contributed by atoms with Crippen LogP contribution in [0.25, 0.3) is 0 Å². The number of amides is 1. The summed E-state index contributed by atoms with van der Waals surface area (Å²) in [6.07, 6.45) is 7.48. The molecule has 1 aliphatic carbocycles. The molecule has 0 atom stereocenters. The topological polar surface area (TPSA) is 55.2 Å². The zero-order chi connectivity index (χ0) is 14.8. The molecule has 0 saturated carbocycles. The van der Waals surface area contributed by atoms with Crippen molar-refractivity contribution >= 4 is 5.91 Å². The second kappa shape index (κ2) is 6.00. The van der Waals surface area contributed by atoms with Gasteiger partial charge in [-0.3, -0.25) is 14.6 Å². The molecule has 0 unspecified atom stereocenters. The lowest BCUT2D eigenvalue weighted by atomic mass is 9.99. The number of rotatable bonds is 2. The van der Waals surface area contributed by atoms with Crippen LogP contribution in [0.3, 0.4) is 0 Å². The Balaban J connectivity index is 1.78. The van der Waals surface area contributed by atoms with Gasteiger partial charge in [0, 0.05) is 18.8 Å². The van der Waals surface area contributed by atoms with E-state index in [1.165, 1.54) is 6.20 Å². The summed E-state index contributed by atoms with van der Waals surface area (Å²) in [7, 11) is 0. The highest BCUT2D eigenvalue weighted by Gasteiger charge is 2.23. The van der Waals surface area contributed by atoms with E-state index in [9.17, 15) is 9.59 Å². The first kappa shape index (κ1) is 14.3. The molecule has 5 nitrogen and oxygen atoms in total.